The number of nitrogens with one attached hydrogen (secondary N) is 2. The van der Waals surface area contributed by atoms with E-state index in [1.54, 1.807) is 13.0 Å². The third-order valence-electron chi connectivity index (χ3n) is 7.24. The fourth-order valence-electron chi connectivity index (χ4n) is 4.96. The van der Waals surface area contributed by atoms with E-state index < -0.39 is 0 Å². The predicted octanol–water partition coefficient (Wildman–Crippen LogP) is 4.98. The molecule has 5 rings (SSSR count). The summed E-state index contributed by atoms with van der Waals surface area (Å²) >= 11 is 0. The van der Waals surface area contributed by atoms with Gasteiger partial charge in [0.25, 0.3) is 0 Å². The Hall–Kier alpha value is -3.19. The molecule has 7 nitrogen and oxygen atoms in total. The topological polar surface area (TPSA) is 89.3 Å². The van der Waals surface area contributed by atoms with E-state index in [9.17, 15) is 9.90 Å². The number of aryl methyl sites for hydroxylation is 2. The van der Waals surface area contributed by atoms with Crippen molar-refractivity contribution in [3.8, 4) is 5.75 Å². The van der Waals surface area contributed by atoms with Gasteiger partial charge >= 0.3 is 5.91 Å². The lowest BCUT2D eigenvalue weighted by atomic mass is 9.81. The Labute approximate surface area is 200 Å². The number of carbonyl (C=O) groups is 1. The van der Waals surface area contributed by atoms with E-state index in [4.69, 9.17) is 0 Å². The predicted molar refractivity (Wildman–Crippen MR) is 137 cm³/mol. The zero-order valence-corrected chi connectivity index (χ0v) is 20.1. The van der Waals surface area contributed by atoms with E-state index in [1.807, 2.05) is 44.2 Å². The Balaban J connectivity index is 1.31. The van der Waals surface area contributed by atoms with Gasteiger partial charge < -0.3 is 10.4 Å². The van der Waals surface area contributed by atoms with Crippen LogP contribution in [0.1, 0.15) is 68.1 Å². The number of amides is 1. The summed E-state index contributed by atoms with van der Waals surface area (Å²) in [5.41, 5.74) is 8.15. The minimum atomic E-state index is -0.287. The lowest BCUT2D eigenvalue weighted by Gasteiger charge is -2.31. The number of aromatic hydroxyl groups is 1. The van der Waals surface area contributed by atoms with Crippen molar-refractivity contribution in [2.45, 2.75) is 77.3 Å². The molecule has 2 aliphatic carbocycles. The summed E-state index contributed by atoms with van der Waals surface area (Å²) in [4.78, 5) is 13.0. The van der Waals surface area contributed by atoms with Crippen molar-refractivity contribution in [2.75, 3.05) is 10.4 Å². The van der Waals surface area contributed by atoms with Gasteiger partial charge in [0.2, 0.25) is 0 Å². The fourth-order valence-corrected chi connectivity index (χ4v) is 4.96. The normalized spacial score (nSPS) is 24.0. The zero-order chi connectivity index (χ0) is 23.8. The van der Waals surface area contributed by atoms with Crippen LogP contribution in [0.3, 0.4) is 0 Å². The fraction of sp³-hybridized carbons (Fsp3) is 0.444. The van der Waals surface area contributed by atoms with Crippen molar-refractivity contribution in [3.05, 3.63) is 53.1 Å². The molecule has 2 fully saturated rings. The molecule has 2 atom stereocenters. The zero-order valence-electron chi connectivity index (χ0n) is 20.1. The molecule has 0 radical (unpaired) electrons. The van der Waals surface area contributed by atoms with Crippen LogP contribution in [0.15, 0.2) is 46.6 Å². The highest BCUT2D eigenvalue weighted by Crippen LogP contribution is 2.41. The minimum Gasteiger partial charge on any atom is -0.505 e. The number of rotatable bonds is 6. The molecule has 7 heteroatoms. The Morgan fingerprint density at radius 1 is 1.03 bits per heavy atom. The van der Waals surface area contributed by atoms with Crippen molar-refractivity contribution in [3.63, 3.8) is 0 Å². The second-order valence-corrected chi connectivity index (χ2v) is 9.89. The van der Waals surface area contributed by atoms with Gasteiger partial charge in [-0.3, -0.25) is 10.2 Å². The first-order chi connectivity index (χ1) is 16.4. The van der Waals surface area contributed by atoms with Crippen molar-refractivity contribution < 1.29 is 9.90 Å². The second kappa shape index (κ2) is 9.22. The monoisotopic (exact) mass is 459 g/mol. The van der Waals surface area contributed by atoms with Crippen molar-refractivity contribution in [1.29, 1.82) is 0 Å². The van der Waals surface area contributed by atoms with Gasteiger partial charge in [-0.15, -0.1) is 0 Å². The van der Waals surface area contributed by atoms with Gasteiger partial charge in [-0.25, -0.2) is 0 Å². The largest absolute Gasteiger partial charge is 0.505 e. The highest BCUT2D eigenvalue weighted by molar-refractivity contribution is 6.71. The van der Waals surface area contributed by atoms with Crippen LogP contribution < -0.4 is 15.8 Å². The summed E-state index contributed by atoms with van der Waals surface area (Å²) in [5, 5.41) is 24.9. The molecule has 3 aliphatic rings. The summed E-state index contributed by atoms with van der Waals surface area (Å²) in [6.07, 6.45) is 7.05. The summed E-state index contributed by atoms with van der Waals surface area (Å²) in [5.74, 6) is 0.247. The number of carbonyl (C=O) groups excluding carboxylic acids is 1. The number of phenolic OH excluding ortho intramolecular Hbond substituents is 1. The van der Waals surface area contributed by atoms with Gasteiger partial charge in [0.15, 0.2) is 5.71 Å². The SMILES string of the molecule is CC1=NN(c2ccc(C)c(C)c2)C(=O)C1=NNc1cccc(C2CCCC(NC3CC3)C2)c1O. The molecule has 0 saturated heterocycles. The van der Waals surface area contributed by atoms with Gasteiger partial charge in [-0.05, 0) is 93.7 Å². The first-order valence-electron chi connectivity index (χ1n) is 12.3. The van der Waals surface area contributed by atoms with Crippen molar-refractivity contribution >= 4 is 28.7 Å². The van der Waals surface area contributed by atoms with E-state index in [-0.39, 0.29) is 17.4 Å². The number of anilines is 2. The molecular formula is C27H33N5O2. The van der Waals surface area contributed by atoms with Gasteiger partial charge in [0.1, 0.15) is 5.75 Å². The summed E-state index contributed by atoms with van der Waals surface area (Å²) < 4.78 is 0. The molecule has 0 bridgehead atoms. The molecule has 178 valence electrons. The number of phenols is 1. The quantitative estimate of drug-likeness (QED) is 0.420. The number of hydrazone groups is 2. The Bertz CT molecular complexity index is 1170. The van der Waals surface area contributed by atoms with Crippen LogP contribution in [0, 0.1) is 13.8 Å². The Morgan fingerprint density at radius 3 is 2.62 bits per heavy atom. The highest BCUT2D eigenvalue weighted by Gasteiger charge is 2.32. The smallest absolute Gasteiger partial charge is 0.301 e. The third-order valence-corrected chi connectivity index (χ3v) is 7.24. The molecule has 2 aromatic carbocycles. The molecule has 2 saturated carbocycles. The maximum Gasteiger partial charge on any atom is 0.301 e. The van der Waals surface area contributed by atoms with Crippen LogP contribution >= 0.6 is 0 Å². The third kappa shape index (κ3) is 4.57. The number of hydrogen-bond acceptors (Lipinski definition) is 6. The van der Waals surface area contributed by atoms with E-state index in [1.165, 1.54) is 24.3 Å². The van der Waals surface area contributed by atoms with Crippen LogP contribution in [0.2, 0.25) is 0 Å². The van der Waals surface area contributed by atoms with Crippen LogP contribution in [0.5, 0.6) is 5.75 Å². The van der Waals surface area contributed by atoms with Crippen molar-refractivity contribution in [2.24, 2.45) is 10.2 Å². The lowest BCUT2D eigenvalue weighted by molar-refractivity contribution is -0.112. The Kier molecular flexibility index (Phi) is 6.13. The summed E-state index contributed by atoms with van der Waals surface area (Å²) in [6.45, 7) is 5.82. The first kappa shape index (κ1) is 22.6. The molecule has 0 spiro atoms. The molecule has 1 amide bonds. The van der Waals surface area contributed by atoms with E-state index in [0.29, 0.717) is 35.1 Å². The average molecular weight is 460 g/mol. The van der Waals surface area contributed by atoms with Crippen LogP contribution in [-0.2, 0) is 4.79 Å². The maximum atomic E-state index is 13.0. The molecule has 0 aromatic heterocycles. The minimum absolute atomic E-state index is 0.218. The molecule has 2 unspecified atom stereocenters. The Morgan fingerprint density at radius 2 is 1.85 bits per heavy atom. The number of nitrogens with zero attached hydrogens (tertiary/aromatic N) is 3. The maximum absolute atomic E-state index is 13.0. The molecule has 34 heavy (non-hydrogen) atoms. The van der Waals surface area contributed by atoms with Gasteiger partial charge in [0.05, 0.1) is 17.1 Å². The van der Waals surface area contributed by atoms with Gasteiger partial charge in [0, 0.05) is 12.1 Å². The van der Waals surface area contributed by atoms with E-state index in [0.717, 1.165) is 36.0 Å². The molecule has 2 aromatic rings. The first-order valence-corrected chi connectivity index (χ1v) is 12.3. The van der Waals surface area contributed by atoms with E-state index in [2.05, 4.69) is 20.9 Å². The van der Waals surface area contributed by atoms with Crippen LogP contribution in [0.4, 0.5) is 11.4 Å². The highest BCUT2D eigenvalue weighted by atomic mass is 16.3. The molecule has 1 aliphatic heterocycles. The summed E-state index contributed by atoms with van der Waals surface area (Å²) in [6, 6.07) is 12.8. The van der Waals surface area contributed by atoms with Gasteiger partial charge in [-0.1, -0.05) is 24.6 Å². The number of para-hydroxylation sites is 1. The van der Waals surface area contributed by atoms with Crippen LogP contribution in [0.25, 0.3) is 0 Å². The number of hydrogen-bond donors (Lipinski definition) is 3. The average Bonchev–Trinajstić information content (AvgIpc) is 3.59. The van der Waals surface area contributed by atoms with Crippen molar-refractivity contribution in [1.82, 2.24) is 5.32 Å². The molecule has 3 N–H and O–H groups in total. The standard InChI is InChI=1S/C27H33N5O2/c1-16-10-13-22(14-17(16)2)32-27(34)25(18(3)31-32)30-29-24-9-5-8-23(26(24)33)19-6-4-7-21(15-19)28-20-11-12-20/h5,8-10,13-14,19-21,28-29,33H,4,6-7,11-12,15H2,1-3H3. The van der Waals surface area contributed by atoms with Gasteiger partial charge in [-0.2, -0.15) is 15.2 Å². The lowest BCUT2D eigenvalue weighted by Crippen LogP contribution is -2.35. The number of benzene rings is 2. The molecular weight excluding hydrogens is 426 g/mol. The van der Waals surface area contributed by atoms with Crippen LogP contribution in [-0.4, -0.2) is 34.5 Å². The molecule has 1 heterocycles. The van der Waals surface area contributed by atoms with E-state index >= 15 is 0 Å². The summed E-state index contributed by atoms with van der Waals surface area (Å²) in [7, 11) is 0. The second-order valence-electron chi connectivity index (χ2n) is 9.89.